The quantitative estimate of drug-likeness (QED) is 0.904. The number of hydrogen-bond donors (Lipinski definition) is 1. The van der Waals surface area contributed by atoms with Crippen molar-refractivity contribution in [3.8, 4) is 11.5 Å². The summed E-state index contributed by atoms with van der Waals surface area (Å²) in [4.78, 5) is 0. The summed E-state index contributed by atoms with van der Waals surface area (Å²) in [5.74, 6) is 1.23. The van der Waals surface area contributed by atoms with E-state index >= 15 is 0 Å². The van der Waals surface area contributed by atoms with Gasteiger partial charge in [-0.3, -0.25) is 0 Å². The molecule has 0 aliphatic carbocycles. The number of halogens is 1. The van der Waals surface area contributed by atoms with E-state index in [0.29, 0.717) is 16.8 Å². The lowest BCUT2D eigenvalue weighted by molar-refractivity contribution is 0.342. The van der Waals surface area contributed by atoms with Crippen molar-refractivity contribution in [2.75, 3.05) is 6.54 Å². The Labute approximate surface area is 110 Å². The van der Waals surface area contributed by atoms with E-state index in [0.717, 1.165) is 18.5 Å². The van der Waals surface area contributed by atoms with Gasteiger partial charge in [-0.05, 0) is 43.7 Å². The molecule has 5 heteroatoms. The first-order valence-electron chi connectivity index (χ1n) is 6.15. The van der Waals surface area contributed by atoms with Crippen LogP contribution in [0.1, 0.15) is 31.2 Å². The number of benzene rings is 1. The molecule has 94 valence electrons. The van der Waals surface area contributed by atoms with Gasteiger partial charge in [0.1, 0.15) is 0 Å². The maximum atomic E-state index is 5.85. The number of hydrogen-bond acceptors (Lipinski definition) is 4. The minimum Gasteiger partial charge on any atom is -0.419 e. The smallest absolute Gasteiger partial charge is 0.247 e. The topological polar surface area (TPSA) is 51.0 Å². The lowest BCUT2D eigenvalue weighted by atomic mass is 10.1. The fraction of sp³-hybridized carbons (Fsp3) is 0.385. The third-order valence-corrected chi connectivity index (χ3v) is 3.39. The highest BCUT2D eigenvalue weighted by molar-refractivity contribution is 6.30. The molecule has 1 atom stereocenters. The lowest BCUT2D eigenvalue weighted by Crippen LogP contribution is -2.26. The molecule has 2 heterocycles. The van der Waals surface area contributed by atoms with Crippen LogP contribution in [-0.4, -0.2) is 16.7 Å². The van der Waals surface area contributed by atoms with Gasteiger partial charge in [-0.1, -0.05) is 18.0 Å². The second-order valence-electron chi connectivity index (χ2n) is 4.45. The monoisotopic (exact) mass is 263 g/mol. The Kier molecular flexibility index (Phi) is 3.30. The average Bonchev–Trinajstić information content (AvgIpc) is 2.90. The number of nitrogens with one attached hydrogen (secondary N) is 1. The van der Waals surface area contributed by atoms with Gasteiger partial charge in [0, 0.05) is 10.6 Å². The van der Waals surface area contributed by atoms with Crippen LogP contribution in [0, 0.1) is 0 Å². The van der Waals surface area contributed by atoms with E-state index in [1.807, 2.05) is 24.3 Å². The third kappa shape index (κ3) is 2.40. The van der Waals surface area contributed by atoms with E-state index in [4.69, 9.17) is 16.0 Å². The molecule has 2 aromatic rings. The normalized spacial score (nSPS) is 19.9. The van der Waals surface area contributed by atoms with Crippen LogP contribution in [0.4, 0.5) is 0 Å². The molecule has 1 N–H and O–H groups in total. The average molecular weight is 264 g/mol. The summed E-state index contributed by atoms with van der Waals surface area (Å²) in [6.07, 6.45) is 3.48. The molecule has 0 unspecified atom stereocenters. The molecular formula is C13H14ClN3O. The van der Waals surface area contributed by atoms with Crippen molar-refractivity contribution >= 4 is 11.6 Å². The summed E-state index contributed by atoms with van der Waals surface area (Å²) in [5, 5.41) is 12.3. The summed E-state index contributed by atoms with van der Waals surface area (Å²) in [5.41, 5.74) is 0.897. The van der Waals surface area contributed by atoms with E-state index in [9.17, 15) is 0 Å². The van der Waals surface area contributed by atoms with Crippen LogP contribution in [0.5, 0.6) is 0 Å². The van der Waals surface area contributed by atoms with Gasteiger partial charge in [-0.15, -0.1) is 10.2 Å². The lowest BCUT2D eigenvalue weighted by Gasteiger charge is -2.19. The van der Waals surface area contributed by atoms with Crippen LogP contribution in [0.3, 0.4) is 0 Å². The number of aromatic nitrogens is 2. The standard InChI is InChI=1S/C13H14ClN3O/c14-10-6-4-9(5-7-10)12-16-17-13(18-12)11-3-1-2-8-15-11/h4-7,11,15H,1-3,8H2/t11-/m1/s1. The molecule has 1 aliphatic rings. The molecule has 3 rings (SSSR count). The molecule has 0 saturated carbocycles. The van der Waals surface area contributed by atoms with E-state index in [-0.39, 0.29) is 6.04 Å². The molecule has 1 aromatic carbocycles. The zero-order chi connectivity index (χ0) is 12.4. The first kappa shape index (κ1) is 11.7. The largest absolute Gasteiger partial charge is 0.419 e. The molecule has 0 amide bonds. The van der Waals surface area contributed by atoms with Gasteiger partial charge in [-0.2, -0.15) is 0 Å². The fourth-order valence-electron chi connectivity index (χ4n) is 2.15. The molecule has 0 spiro atoms. The second-order valence-corrected chi connectivity index (χ2v) is 4.89. The molecule has 4 nitrogen and oxygen atoms in total. The van der Waals surface area contributed by atoms with Crippen molar-refractivity contribution in [1.29, 1.82) is 0 Å². The van der Waals surface area contributed by atoms with Gasteiger partial charge >= 0.3 is 0 Å². The molecular weight excluding hydrogens is 250 g/mol. The van der Waals surface area contributed by atoms with Crippen LogP contribution < -0.4 is 5.32 Å². The molecule has 1 fully saturated rings. The Bertz CT molecular complexity index is 517. The fourth-order valence-corrected chi connectivity index (χ4v) is 2.27. The zero-order valence-corrected chi connectivity index (χ0v) is 10.7. The minimum absolute atomic E-state index is 0.201. The third-order valence-electron chi connectivity index (χ3n) is 3.14. The zero-order valence-electron chi connectivity index (χ0n) is 9.90. The van der Waals surface area contributed by atoms with E-state index in [1.165, 1.54) is 12.8 Å². The van der Waals surface area contributed by atoms with Crippen molar-refractivity contribution in [2.24, 2.45) is 0 Å². The Morgan fingerprint density at radius 3 is 2.72 bits per heavy atom. The van der Waals surface area contributed by atoms with Crippen LogP contribution in [0.25, 0.3) is 11.5 Å². The van der Waals surface area contributed by atoms with E-state index in [2.05, 4.69) is 15.5 Å². The first-order valence-corrected chi connectivity index (χ1v) is 6.53. The SMILES string of the molecule is Clc1ccc(-c2nnc([C@H]3CCCCN3)o2)cc1. The molecule has 1 aromatic heterocycles. The van der Waals surface area contributed by atoms with Crippen molar-refractivity contribution in [3.05, 3.63) is 35.2 Å². The maximum Gasteiger partial charge on any atom is 0.247 e. The van der Waals surface area contributed by atoms with E-state index in [1.54, 1.807) is 0 Å². The number of rotatable bonds is 2. The highest BCUT2D eigenvalue weighted by Crippen LogP contribution is 2.25. The first-order chi connectivity index (χ1) is 8.83. The van der Waals surface area contributed by atoms with Gasteiger partial charge in [-0.25, -0.2) is 0 Å². The van der Waals surface area contributed by atoms with Crippen LogP contribution in [0.15, 0.2) is 28.7 Å². The number of piperidine rings is 1. The molecule has 1 aliphatic heterocycles. The summed E-state index contributed by atoms with van der Waals surface area (Å²) >= 11 is 5.85. The van der Waals surface area contributed by atoms with Crippen molar-refractivity contribution in [1.82, 2.24) is 15.5 Å². The number of nitrogens with zero attached hydrogens (tertiary/aromatic N) is 2. The van der Waals surface area contributed by atoms with Crippen molar-refractivity contribution in [2.45, 2.75) is 25.3 Å². The highest BCUT2D eigenvalue weighted by Gasteiger charge is 2.20. The van der Waals surface area contributed by atoms with Crippen LogP contribution >= 0.6 is 11.6 Å². The second kappa shape index (κ2) is 5.08. The Balaban J connectivity index is 1.82. The minimum atomic E-state index is 0.201. The molecule has 1 saturated heterocycles. The van der Waals surface area contributed by atoms with E-state index < -0.39 is 0 Å². The Morgan fingerprint density at radius 1 is 1.17 bits per heavy atom. The van der Waals surface area contributed by atoms with Crippen LogP contribution in [0.2, 0.25) is 5.02 Å². The predicted molar refractivity (Wildman–Crippen MR) is 69.3 cm³/mol. The molecule has 0 bridgehead atoms. The van der Waals surface area contributed by atoms with Crippen molar-refractivity contribution in [3.63, 3.8) is 0 Å². The van der Waals surface area contributed by atoms with Gasteiger partial charge in [0.25, 0.3) is 0 Å². The predicted octanol–water partition coefficient (Wildman–Crippen LogP) is 3.20. The van der Waals surface area contributed by atoms with Crippen molar-refractivity contribution < 1.29 is 4.42 Å². The van der Waals surface area contributed by atoms with Crippen LogP contribution in [-0.2, 0) is 0 Å². The van der Waals surface area contributed by atoms with Gasteiger partial charge in [0.15, 0.2) is 0 Å². The summed E-state index contributed by atoms with van der Waals surface area (Å²) in [6, 6.07) is 7.61. The van der Waals surface area contributed by atoms with Gasteiger partial charge < -0.3 is 9.73 Å². The maximum absolute atomic E-state index is 5.85. The summed E-state index contributed by atoms with van der Waals surface area (Å²) < 4.78 is 5.72. The Morgan fingerprint density at radius 2 is 2.00 bits per heavy atom. The summed E-state index contributed by atoms with van der Waals surface area (Å²) in [6.45, 7) is 1.02. The highest BCUT2D eigenvalue weighted by atomic mass is 35.5. The summed E-state index contributed by atoms with van der Waals surface area (Å²) in [7, 11) is 0. The molecule has 18 heavy (non-hydrogen) atoms. The Hall–Kier alpha value is -1.39. The van der Waals surface area contributed by atoms with Gasteiger partial charge in [0.05, 0.1) is 6.04 Å². The molecule has 0 radical (unpaired) electrons. The van der Waals surface area contributed by atoms with Gasteiger partial charge in [0.2, 0.25) is 11.8 Å².